The lowest BCUT2D eigenvalue weighted by Gasteiger charge is -2.35. The minimum Gasteiger partial charge on any atom is -0.310 e. The Morgan fingerprint density at radius 3 is 1.73 bits per heavy atom. The van der Waals surface area contributed by atoms with Gasteiger partial charge in [0.2, 0.25) is 0 Å². The highest BCUT2D eigenvalue weighted by Gasteiger charge is 2.46. The van der Waals surface area contributed by atoms with Crippen molar-refractivity contribution in [3.8, 4) is 33.4 Å². The lowest BCUT2D eigenvalue weighted by molar-refractivity contribution is 0.768. The van der Waals surface area contributed by atoms with Gasteiger partial charge in [-0.15, -0.1) is 0 Å². The SMILES string of the molecule is [2H]C1=C(C(=C)CCc2ccccc2)C([2H])C([2H])C(c2c([2H])c([2H])c(N(c3ccc(-c4ccc(-c5cc6ccccc6c6ccccc56)cc4)cc3)c3ccc4c(c3)C(c3ccccc3)(c3ccccc3)c3ccccc3-4)c([2H])c2[2H])=C1[2H]. The third-order valence-corrected chi connectivity index (χ3v) is 14.9. The summed E-state index contributed by atoms with van der Waals surface area (Å²) in [7, 11) is 0. The molecule has 1 heteroatoms. The average Bonchev–Trinajstić information content (AvgIpc) is 4.05. The van der Waals surface area contributed by atoms with Crippen LogP contribution in [-0.2, 0) is 11.8 Å². The second kappa shape index (κ2) is 19.2. The van der Waals surface area contributed by atoms with E-state index in [0.717, 1.165) is 61.2 Å². The molecule has 352 valence electrons. The number of rotatable bonds is 12. The van der Waals surface area contributed by atoms with E-state index in [4.69, 9.17) is 0 Å². The summed E-state index contributed by atoms with van der Waals surface area (Å²) in [5.74, 6) is 0. The van der Waals surface area contributed by atoms with E-state index in [2.05, 4.69) is 170 Å². The van der Waals surface area contributed by atoms with Crippen LogP contribution in [-0.4, -0.2) is 0 Å². The molecular formula is C73H55N. The van der Waals surface area contributed by atoms with Gasteiger partial charge in [0.15, 0.2) is 0 Å². The maximum absolute atomic E-state index is 9.97. The molecule has 2 aliphatic rings. The molecule has 2 aliphatic carbocycles. The van der Waals surface area contributed by atoms with Crippen LogP contribution in [0.2, 0.25) is 0 Å². The number of aryl methyl sites for hydroxylation is 1. The summed E-state index contributed by atoms with van der Waals surface area (Å²) in [5, 5.41) is 4.77. The van der Waals surface area contributed by atoms with Crippen LogP contribution in [0.25, 0.3) is 60.5 Å². The standard InChI is InChI=1S/C73H55N/c1-51(29-30-52-17-5-2-6-18-52)53-31-33-54(34-32-53)56-39-43-62(44-40-56)74(64-47-48-69-68-27-15-16-28-71(68)73(72(69)50-64,60-20-7-3-8-21-60)61-22-9-4-10-23-61)63-45-41-57(42-46-63)55-35-37-58(38-36-55)70-49-59-19-11-12-24-65(59)66-25-13-14-26-67(66)70/h2-28,31,33,35-50H,1,29-30,32,34H2/i31D,32D,33D,34D,39D,40D,43D,44D. The maximum Gasteiger partial charge on any atom is 0.0714 e. The minimum atomic E-state index is -1.49. The second-order valence-electron chi connectivity index (χ2n) is 19.1. The van der Waals surface area contributed by atoms with Gasteiger partial charge < -0.3 is 4.90 Å². The van der Waals surface area contributed by atoms with Gasteiger partial charge in [0.1, 0.15) is 0 Å². The van der Waals surface area contributed by atoms with E-state index in [1.165, 1.54) is 21.5 Å². The van der Waals surface area contributed by atoms with Crippen LogP contribution in [0, 0.1) is 0 Å². The van der Waals surface area contributed by atoms with Crippen molar-refractivity contribution in [1.82, 2.24) is 0 Å². The van der Waals surface area contributed by atoms with Gasteiger partial charge in [-0.3, -0.25) is 0 Å². The first-order chi connectivity index (χ1) is 39.9. The summed E-state index contributed by atoms with van der Waals surface area (Å²) in [4.78, 5) is 1.79. The van der Waals surface area contributed by atoms with Crippen LogP contribution in [0.15, 0.2) is 291 Å². The Bertz CT molecular complexity index is 4310. The zero-order valence-electron chi connectivity index (χ0n) is 48.7. The van der Waals surface area contributed by atoms with Gasteiger partial charge in [-0.1, -0.05) is 243 Å². The van der Waals surface area contributed by atoms with E-state index in [-0.39, 0.29) is 40.5 Å². The van der Waals surface area contributed by atoms with Crippen LogP contribution >= 0.6 is 0 Å². The Morgan fingerprint density at radius 2 is 1.01 bits per heavy atom. The molecule has 2 unspecified atom stereocenters. The number of hydrogen-bond acceptors (Lipinski definition) is 1. The quantitative estimate of drug-likeness (QED) is 0.110. The highest BCUT2D eigenvalue weighted by atomic mass is 15.1. The summed E-state index contributed by atoms with van der Waals surface area (Å²) in [5.41, 5.74) is 12.1. The van der Waals surface area contributed by atoms with Gasteiger partial charge in [0.25, 0.3) is 0 Å². The average molecular weight is 954 g/mol. The van der Waals surface area contributed by atoms with Crippen molar-refractivity contribution in [1.29, 1.82) is 0 Å². The van der Waals surface area contributed by atoms with E-state index in [1.54, 1.807) is 4.90 Å². The molecule has 0 amide bonds. The Morgan fingerprint density at radius 1 is 0.446 bits per heavy atom. The molecule has 74 heavy (non-hydrogen) atoms. The van der Waals surface area contributed by atoms with E-state index in [1.807, 2.05) is 72.8 Å². The molecule has 2 atom stereocenters. The lowest BCUT2D eigenvalue weighted by atomic mass is 9.67. The summed E-state index contributed by atoms with van der Waals surface area (Å²) < 4.78 is 76.8. The molecule has 1 nitrogen and oxygen atoms in total. The fraction of sp³-hybridized carbons (Fsp3) is 0.0685. The van der Waals surface area contributed by atoms with E-state index in [0.29, 0.717) is 29.8 Å². The van der Waals surface area contributed by atoms with Gasteiger partial charge >= 0.3 is 0 Å². The van der Waals surface area contributed by atoms with E-state index >= 15 is 0 Å². The summed E-state index contributed by atoms with van der Waals surface area (Å²) in [6.45, 7) is 4.22. The first kappa shape index (κ1) is 36.8. The number of hydrogen-bond donors (Lipinski definition) is 0. The second-order valence-corrected chi connectivity index (χ2v) is 19.1. The molecule has 0 N–H and O–H groups in total. The summed E-state index contributed by atoms with van der Waals surface area (Å²) in [6.07, 6.45) is -1.82. The maximum atomic E-state index is 9.97. The van der Waals surface area contributed by atoms with Crippen molar-refractivity contribution in [3.63, 3.8) is 0 Å². The molecule has 0 heterocycles. The van der Waals surface area contributed by atoms with Crippen LogP contribution < -0.4 is 4.90 Å². The van der Waals surface area contributed by atoms with Crippen molar-refractivity contribution in [2.75, 3.05) is 4.90 Å². The molecule has 11 aromatic carbocycles. The third kappa shape index (κ3) is 7.99. The summed E-state index contributed by atoms with van der Waals surface area (Å²) >= 11 is 0. The monoisotopic (exact) mass is 953 g/mol. The van der Waals surface area contributed by atoms with Crippen molar-refractivity contribution >= 4 is 44.2 Å². The number of nitrogens with zero attached hydrogens (tertiary/aromatic N) is 1. The van der Waals surface area contributed by atoms with Crippen LogP contribution in [0.1, 0.15) is 63.6 Å². The van der Waals surface area contributed by atoms with E-state index < -0.39 is 36.3 Å². The number of benzene rings is 11. The zero-order valence-corrected chi connectivity index (χ0v) is 40.7. The molecule has 0 aromatic heterocycles. The molecule has 0 radical (unpaired) electrons. The molecule has 0 fully saturated rings. The first-order valence-corrected chi connectivity index (χ1v) is 25.3. The van der Waals surface area contributed by atoms with Crippen molar-refractivity contribution in [2.45, 2.75) is 31.1 Å². The minimum absolute atomic E-state index is 0.0255. The third-order valence-electron chi connectivity index (χ3n) is 14.9. The van der Waals surface area contributed by atoms with Crippen LogP contribution in [0.4, 0.5) is 17.1 Å². The van der Waals surface area contributed by atoms with Crippen LogP contribution in [0.3, 0.4) is 0 Å². The van der Waals surface area contributed by atoms with Crippen LogP contribution in [0.5, 0.6) is 0 Å². The molecule has 0 aliphatic heterocycles. The van der Waals surface area contributed by atoms with Crippen molar-refractivity contribution < 1.29 is 11.0 Å². The Kier molecular flexibility index (Phi) is 9.54. The van der Waals surface area contributed by atoms with E-state index in [9.17, 15) is 11.0 Å². The first-order valence-electron chi connectivity index (χ1n) is 29.5. The topological polar surface area (TPSA) is 3.24 Å². The Labute approximate surface area is 446 Å². The molecule has 0 saturated carbocycles. The van der Waals surface area contributed by atoms with Gasteiger partial charge in [-0.05, 0) is 168 Å². The number of allylic oxidation sites excluding steroid dienone is 5. The van der Waals surface area contributed by atoms with Crippen molar-refractivity contribution in [2.24, 2.45) is 0 Å². The Hall–Kier alpha value is -9.04. The lowest BCUT2D eigenvalue weighted by Crippen LogP contribution is -2.28. The fourth-order valence-corrected chi connectivity index (χ4v) is 11.3. The number of fused-ring (bicyclic) bond motifs is 6. The molecule has 13 rings (SSSR count). The largest absolute Gasteiger partial charge is 0.310 e. The van der Waals surface area contributed by atoms with Gasteiger partial charge in [0, 0.05) is 19.8 Å². The number of anilines is 3. The molecule has 0 bridgehead atoms. The highest BCUT2D eigenvalue weighted by molar-refractivity contribution is 6.13. The predicted octanol–water partition coefficient (Wildman–Crippen LogP) is 19.5. The Balaban J connectivity index is 0.958. The molecular weight excluding hydrogens is 891 g/mol. The normalized spacial score (nSPS) is 17.2. The van der Waals surface area contributed by atoms with Gasteiger partial charge in [-0.2, -0.15) is 0 Å². The van der Waals surface area contributed by atoms with Gasteiger partial charge in [0.05, 0.1) is 13.6 Å². The predicted molar refractivity (Wildman–Crippen MR) is 314 cm³/mol. The van der Waals surface area contributed by atoms with Crippen molar-refractivity contribution in [3.05, 3.63) is 324 Å². The zero-order chi connectivity index (χ0) is 56.4. The smallest absolute Gasteiger partial charge is 0.0714 e. The van der Waals surface area contributed by atoms with Gasteiger partial charge in [-0.25, -0.2) is 0 Å². The molecule has 11 aromatic rings. The fourth-order valence-electron chi connectivity index (χ4n) is 11.3. The molecule has 0 saturated heterocycles. The highest BCUT2D eigenvalue weighted by Crippen LogP contribution is 2.57. The summed E-state index contributed by atoms with van der Waals surface area (Å²) in [6, 6.07) is 78.7. The molecule has 0 spiro atoms.